The summed E-state index contributed by atoms with van der Waals surface area (Å²) in [4.78, 5) is 14.1. The van der Waals surface area contributed by atoms with E-state index in [-0.39, 0.29) is 11.7 Å². The van der Waals surface area contributed by atoms with Crippen molar-refractivity contribution < 1.29 is 14.6 Å². The van der Waals surface area contributed by atoms with Crippen LogP contribution in [-0.4, -0.2) is 36.1 Å². The van der Waals surface area contributed by atoms with Gasteiger partial charge in [-0.25, -0.2) is 0 Å². The summed E-state index contributed by atoms with van der Waals surface area (Å²) in [6, 6.07) is 13.0. The molecule has 1 amide bonds. The molecule has 0 aliphatic carbocycles. The van der Waals surface area contributed by atoms with Gasteiger partial charge in [0.2, 0.25) is 0 Å². The van der Waals surface area contributed by atoms with Crippen molar-refractivity contribution in [2.45, 2.75) is 20.3 Å². The molecule has 0 aromatic heterocycles. The number of phenols is 1. The van der Waals surface area contributed by atoms with Gasteiger partial charge in [-0.15, -0.1) is 0 Å². The van der Waals surface area contributed by atoms with E-state index in [1.807, 2.05) is 62.4 Å². The second-order valence-corrected chi connectivity index (χ2v) is 5.67. The van der Waals surface area contributed by atoms with Crippen LogP contribution in [0.15, 0.2) is 48.5 Å². The molecular weight excluding hydrogens is 314 g/mol. The minimum atomic E-state index is 0.0573. The van der Waals surface area contributed by atoms with E-state index in [1.54, 1.807) is 11.0 Å². The third-order valence-corrected chi connectivity index (χ3v) is 4.16. The number of nitrogens with zero attached hydrogens (tertiary/aromatic N) is 1. The lowest BCUT2D eigenvalue weighted by Crippen LogP contribution is -2.30. The van der Waals surface area contributed by atoms with E-state index in [1.165, 1.54) is 7.11 Å². The number of rotatable bonds is 7. The highest BCUT2D eigenvalue weighted by Crippen LogP contribution is 2.29. The number of carbonyl (C=O) groups excluding carboxylic acids is 1. The molecule has 4 heteroatoms. The fourth-order valence-corrected chi connectivity index (χ4v) is 2.65. The van der Waals surface area contributed by atoms with E-state index in [0.717, 1.165) is 11.1 Å². The standard InChI is InChI=1S/C21H25NO3/c1-4-22(5-2)21(24)18-14-12-16(13-15-18)8-6-9-17-10-7-11-19(25-3)20(17)23/h6-8,10-15,23H,4-5,9H2,1-3H3/b8-6+. The molecule has 0 saturated carbocycles. The normalized spacial score (nSPS) is 10.8. The molecule has 0 unspecified atom stereocenters. The molecule has 2 aromatic rings. The Morgan fingerprint density at radius 2 is 1.80 bits per heavy atom. The van der Waals surface area contributed by atoms with Crippen LogP contribution in [0.3, 0.4) is 0 Å². The number of benzene rings is 2. The molecule has 4 nitrogen and oxygen atoms in total. The van der Waals surface area contributed by atoms with Gasteiger partial charge in [-0.05, 0) is 44.0 Å². The summed E-state index contributed by atoms with van der Waals surface area (Å²) in [5, 5.41) is 10.1. The number of aromatic hydroxyl groups is 1. The van der Waals surface area contributed by atoms with Gasteiger partial charge in [0.1, 0.15) is 0 Å². The Balaban J connectivity index is 2.04. The van der Waals surface area contributed by atoms with Crippen molar-refractivity contribution in [3.8, 4) is 11.5 Å². The fraction of sp³-hybridized carbons (Fsp3) is 0.286. The first-order valence-electron chi connectivity index (χ1n) is 8.51. The average molecular weight is 339 g/mol. The maximum atomic E-state index is 12.3. The van der Waals surface area contributed by atoms with Gasteiger partial charge in [0.05, 0.1) is 7.11 Å². The Labute approximate surface area is 149 Å². The molecule has 0 fully saturated rings. The molecule has 1 N–H and O–H groups in total. The molecule has 2 aromatic carbocycles. The summed E-state index contributed by atoms with van der Waals surface area (Å²) in [5.74, 6) is 0.710. The van der Waals surface area contributed by atoms with Crippen LogP contribution in [0, 0.1) is 0 Å². The van der Waals surface area contributed by atoms with Crippen molar-refractivity contribution >= 4 is 12.0 Å². The van der Waals surface area contributed by atoms with Gasteiger partial charge in [-0.2, -0.15) is 0 Å². The number of hydrogen-bond acceptors (Lipinski definition) is 3. The number of hydrogen-bond donors (Lipinski definition) is 1. The summed E-state index contributed by atoms with van der Waals surface area (Å²) in [5.41, 5.74) is 2.52. The molecule has 0 saturated heterocycles. The Morgan fingerprint density at radius 1 is 1.12 bits per heavy atom. The number of para-hydroxylation sites is 1. The van der Waals surface area contributed by atoms with Crippen molar-refractivity contribution in [3.63, 3.8) is 0 Å². The quantitative estimate of drug-likeness (QED) is 0.825. The van der Waals surface area contributed by atoms with E-state index in [9.17, 15) is 9.90 Å². The van der Waals surface area contributed by atoms with Gasteiger partial charge >= 0.3 is 0 Å². The molecule has 0 spiro atoms. The monoisotopic (exact) mass is 339 g/mol. The van der Waals surface area contributed by atoms with E-state index in [2.05, 4.69) is 0 Å². The van der Waals surface area contributed by atoms with Crippen molar-refractivity contribution in [2.24, 2.45) is 0 Å². The Kier molecular flexibility index (Phi) is 6.63. The molecule has 0 heterocycles. The van der Waals surface area contributed by atoms with E-state index in [4.69, 9.17) is 4.74 Å². The average Bonchev–Trinajstić information content (AvgIpc) is 2.64. The second kappa shape index (κ2) is 8.92. The van der Waals surface area contributed by atoms with Crippen molar-refractivity contribution in [1.82, 2.24) is 4.90 Å². The van der Waals surface area contributed by atoms with Crippen LogP contribution >= 0.6 is 0 Å². The Morgan fingerprint density at radius 3 is 2.40 bits per heavy atom. The van der Waals surface area contributed by atoms with Crippen molar-refractivity contribution in [3.05, 3.63) is 65.2 Å². The van der Waals surface area contributed by atoms with Gasteiger partial charge < -0.3 is 14.7 Å². The number of amides is 1. The third-order valence-electron chi connectivity index (χ3n) is 4.16. The number of allylic oxidation sites excluding steroid dienone is 1. The number of methoxy groups -OCH3 is 1. The van der Waals surface area contributed by atoms with E-state index < -0.39 is 0 Å². The molecule has 0 bridgehead atoms. The molecule has 0 radical (unpaired) electrons. The number of ether oxygens (including phenoxy) is 1. The van der Waals surface area contributed by atoms with Gasteiger partial charge in [0.15, 0.2) is 11.5 Å². The van der Waals surface area contributed by atoms with Gasteiger partial charge in [0.25, 0.3) is 5.91 Å². The molecule has 25 heavy (non-hydrogen) atoms. The summed E-state index contributed by atoms with van der Waals surface area (Å²) in [6.45, 7) is 5.38. The van der Waals surface area contributed by atoms with Crippen LogP contribution in [0.5, 0.6) is 11.5 Å². The summed E-state index contributed by atoms with van der Waals surface area (Å²) < 4.78 is 5.11. The maximum Gasteiger partial charge on any atom is 0.253 e. The third kappa shape index (κ3) is 4.63. The van der Waals surface area contributed by atoms with Gasteiger partial charge in [0, 0.05) is 24.2 Å². The van der Waals surface area contributed by atoms with Crippen LogP contribution < -0.4 is 4.74 Å². The summed E-state index contributed by atoms with van der Waals surface area (Å²) >= 11 is 0. The van der Waals surface area contributed by atoms with Crippen LogP contribution in [0.4, 0.5) is 0 Å². The number of carbonyl (C=O) groups is 1. The van der Waals surface area contributed by atoms with Crippen LogP contribution in [0.25, 0.3) is 6.08 Å². The first kappa shape index (κ1) is 18.6. The lowest BCUT2D eigenvalue weighted by atomic mass is 10.1. The molecule has 2 rings (SSSR count). The van der Waals surface area contributed by atoms with Gasteiger partial charge in [-0.1, -0.05) is 36.4 Å². The zero-order valence-corrected chi connectivity index (χ0v) is 15.0. The predicted molar refractivity (Wildman–Crippen MR) is 101 cm³/mol. The zero-order valence-electron chi connectivity index (χ0n) is 15.0. The highest BCUT2D eigenvalue weighted by molar-refractivity contribution is 5.94. The molecule has 0 atom stereocenters. The van der Waals surface area contributed by atoms with Gasteiger partial charge in [-0.3, -0.25) is 4.79 Å². The molecule has 132 valence electrons. The highest BCUT2D eigenvalue weighted by atomic mass is 16.5. The van der Waals surface area contributed by atoms with Crippen LogP contribution in [-0.2, 0) is 6.42 Å². The largest absolute Gasteiger partial charge is 0.504 e. The second-order valence-electron chi connectivity index (χ2n) is 5.67. The molecular formula is C21H25NO3. The first-order chi connectivity index (χ1) is 12.1. The number of phenolic OH excluding ortho intramolecular Hbond substituents is 1. The molecule has 0 aliphatic heterocycles. The van der Waals surface area contributed by atoms with E-state index >= 15 is 0 Å². The van der Waals surface area contributed by atoms with Crippen LogP contribution in [0.1, 0.15) is 35.3 Å². The smallest absolute Gasteiger partial charge is 0.253 e. The fourth-order valence-electron chi connectivity index (χ4n) is 2.65. The lowest BCUT2D eigenvalue weighted by molar-refractivity contribution is 0.0773. The summed E-state index contributed by atoms with van der Waals surface area (Å²) in [7, 11) is 1.54. The minimum absolute atomic E-state index is 0.0573. The summed E-state index contributed by atoms with van der Waals surface area (Å²) in [6.07, 6.45) is 4.56. The first-order valence-corrected chi connectivity index (χ1v) is 8.51. The molecule has 0 aliphatic rings. The van der Waals surface area contributed by atoms with Crippen molar-refractivity contribution in [1.29, 1.82) is 0 Å². The van der Waals surface area contributed by atoms with Crippen molar-refractivity contribution in [2.75, 3.05) is 20.2 Å². The lowest BCUT2D eigenvalue weighted by Gasteiger charge is -2.18. The SMILES string of the molecule is CCN(CC)C(=O)c1ccc(/C=C/Cc2cccc(OC)c2O)cc1. The van der Waals surface area contributed by atoms with Crippen LogP contribution in [0.2, 0.25) is 0 Å². The zero-order chi connectivity index (χ0) is 18.2. The maximum absolute atomic E-state index is 12.3. The Hall–Kier alpha value is -2.75. The minimum Gasteiger partial charge on any atom is -0.504 e. The van der Waals surface area contributed by atoms with E-state index in [0.29, 0.717) is 30.8 Å². The topological polar surface area (TPSA) is 49.8 Å². The predicted octanol–water partition coefficient (Wildman–Crippen LogP) is 4.14. The Bertz CT molecular complexity index is 731. The highest BCUT2D eigenvalue weighted by Gasteiger charge is 2.11.